The molecule has 0 saturated carbocycles. The molecule has 4 aromatic rings. The first-order valence-corrected chi connectivity index (χ1v) is 8.97. The molecule has 0 unspecified atom stereocenters. The van der Waals surface area contributed by atoms with Crippen molar-refractivity contribution in [1.29, 1.82) is 0 Å². The van der Waals surface area contributed by atoms with Gasteiger partial charge in [0.15, 0.2) is 0 Å². The normalized spacial score (nSPS) is 11.8. The average Bonchev–Trinajstić information content (AvgIpc) is 3.36. The first kappa shape index (κ1) is 16.2. The van der Waals surface area contributed by atoms with E-state index in [-0.39, 0.29) is 0 Å². The van der Waals surface area contributed by atoms with Crippen LogP contribution in [0.5, 0.6) is 0 Å². The number of allylic oxidation sites excluding steroid dienone is 3. The highest BCUT2D eigenvalue weighted by Crippen LogP contribution is 2.32. The Morgan fingerprint density at radius 1 is 1.27 bits per heavy atom. The van der Waals surface area contributed by atoms with Gasteiger partial charge in [-0.15, -0.1) is 21.5 Å². The molecule has 4 rings (SSSR count). The Hall–Kier alpha value is -3.25. The summed E-state index contributed by atoms with van der Waals surface area (Å²) in [6.45, 7) is 7.66. The zero-order valence-electron chi connectivity index (χ0n) is 14.3. The van der Waals surface area contributed by atoms with Crippen LogP contribution in [0.15, 0.2) is 79.1 Å². The minimum absolute atomic E-state index is 0.560. The molecule has 3 heterocycles. The number of likely N-dealkylation sites (N-methyl/N-ethyl adjacent to an activating group) is 1. The highest BCUT2D eigenvalue weighted by Gasteiger charge is 2.15. The summed E-state index contributed by atoms with van der Waals surface area (Å²) in [4.78, 5) is 7.90. The topological polar surface area (TPSA) is 46.3 Å². The van der Waals surface area contributed by atoms with Gasteiger partial charge in [0.25, 0.3) is 5.78 Å². The average molecular weight is 359 g/mol. The fourth-order valence-electron chi connectivity index (χ4n) is 2.96. The van der Waals surface area contributed by atoms with Gasteiger partial charge in [0.05, 0.1) is 5.52 Å². The summed E-state index contributed by atoms with van der Waals surface area (Å²) in [5.74, 6) is 1.36. The van der Waals surface area contributed by atoms with E-state index in [0.29, 0.717) is 5.78 Å². The predicted molar refractivity (Wildman–Crippen MR) is 108 cm³/mol. The van der Waals surface area contributed by atoms with Gasteiger partial charge < -0.3 is 4.90 Å². The van der Waals surface area contributed by atoms with Gasteiger partial charge in [-0.2, -0.15) is 4.98 Å². The SMILES string of the molecule is C=C/C=C(\C=C)N(C)c1nc2nncn2c2cc(-c3cccs3)ccc12. The van der Waals surface area contributed by atoms with Crippen molar-refractivity contribution in [2.45, 2.75) is 0 Å². The first-order valence-electron chi connectivity index (χ1n) is 8.09. The standard InChI is InChI=1S/C20H17N5S/c1-4-7-15(5-2)24(3)19-16-10-9-14(18-8-6-11-26-18)12-17(16)25-13-21-23-20(25)22-19/h4-13H,1-2H2,3H3/b15-7+. The van der Waals surface area contributed by atoms with E-state index in [4.69, 9.17) is 4.98 Å². The van der Waals surface area contributed by atoms with E-state index >= 15 is 0 Å². The Bertz CT molecular complexity index is 1140. The van der Waals surface area contributed by atoms with Crippen LogP contribution >= 0.6 is 11.3 Å². The van der Waals surface area contributed by atoms with Crippen LogP contribution in [0.4, 0.5) is 5.82 Å². The molecule has 0 atom stereocenters. The summed E-state index contributed by atoms with van der Waals surface area (Å²) < 4.78 is 1.91. The Kier molecular flexibility index (Phi) is 4.10. The van der Waals surface area contributed by atoms with E-state index in [0.717, 1.165) is 28.0 Å². The van der Waals surface area contributed by atoms with E-state index < -0.39 is 0 Å². The summed E-state index contributed by atoms with van der Waals surface area (Å²) in [7, 11) is 1.96. The summed E-state index contributed by atoms with van der Waals surface area (Å²) in [5.41, 5.74) is 3.07. The van der Waals surface area contributed by atoms with Crippen molar-refractivity contribution in [3.05, 3.63) is 79.1 Å². The number of rotatable bonds is 5. The van der Waals surface area contributed by atoms with Crippen LogP contribution in [0.3, 0.4) is 0 Å². The van der Waals surface area contributed by atoms with Crippen LogP contribution in [-0.2, 0) is 0 Å². The second kappa shape index (κ2) is 6.57. The van der Waals surface area contributed by atoms with Gasteiger partial charge in [-0.05, 0) is 41.3 Å². The molecule has 3 aromatic heterocycles. The van der Waals surface area contributed by atoms with Crippen molar-refractivity contribution in [2.24, 2.45) is 0 Å². The molecule has 0 aliphatic heterocycles. The lowest BCUT2D eigenvalue weighted by atomic mass is 10.1. The van der Waals surface area contributed by atoms with Crippen LogP contribution in [0.1, 0.15) is 0 Å². The minimum Gasteiger partial charge on any atom is -0.329 e. The van der Waals surface area contributed by atoms with Gasteiger partial charge in [-0.3, -0.25) is 4.40 Å². The van der Waals surface area contributed by atoms with E-state index in [1.54, 1.807) is 29.8 Å². The van der Waals surface area contributed by atoms with Crippen LogP contribution < -0.4 is 4.90 Å². The van der Waals surface area contributed by atoms with Crippen molar-refractivity contribution in [1.82, 2.24) is 19.6 Å². The third-order valence-corrected chi connectivity index (χ3v) is 5.16. The maximum atomic E-state index is 4.70. The minimum atomic E-state index is 0.560. The van der Waals surface area contributed by atoms with Gasteiger partial charge in [0.1, 0.15) is 12.1 Å². The molecule has 0 radical (unpaired) electrons. The number of hydrogen-bond donors (Lipinski definition) is 0. The summed E-state index contributed by atoms with van der Waals surface area (Å²) in [6.07, 6.45) is 7.11. The molecule has 0 bridgehead atoms. The Morgan fingerprint density at radius 3 is 2.88 bits per heavy atom. The zero-order chi connectivity index (χ0) is 18.1. The third-order valence-electron chi connectivity index (χ3n) is 4.24. The molecule has 0 aliphatic carbocycles. The van der Waals surface area contributed by atoms with Gasteiger partial charge >= 0.3 is 0 Å². The smallest absolute Gasteiger partial charge is 0.257 e. The Balaban J connectivity index is 2.00. The lowest BCUT2D eigenvalue weighted by Gasteiger charge is -2.21. The number of fused-ring (bicyclic) bond motifs is 3. The summed E-state index contributed by atoms with van der Waals surface area (Å²) in [5, 5.41) is 11.3. The second-order valence-corrected chi connectivity index (χ2v) is 6.68. The lowest BCUT2D eigenvalue weighted by Crippen LogP contribution is -2.17. The van der Waals surface area contributed by atoms with E-state index in [1.165, 1.54) is 4.88 Å². The van der Waals surface area contributed by atoms with Crippen LogP contribution in [0.25, 0.3) is 27.1 Å². The van der Waals surface area contributed by atoms with Crippen LogP contribution in [0.2, 0.25) is 0 Å². The Labute approximate surface area is 155 Å². The maximum absolute atomic E-state index is 4.70. The largest absolute Gasteiger partial charge is 0.329 e. The van der Waals surface area contributed by atoms with E-state index in [9.17, 15) is 0 Å². The molecule has 0 N–H and O–H groups in total. The van der Waals surface area contributed by atoms with Crippen molar-refractivity contribution in [3.63, 3.8) is 0 Å². The molecule has 0 fully saturated rings. The number of hydrogen-bond acceptors (Lipinski definition) is 5. The summed E-state index contributed by atoms with van der Waals surface area (Å²) in [6, 6.07) is 10.5. The first-order chi connectivity index (χ1) is 12.7. The molecule has 6 heteroatoms. The number of benzene rings is 1. The zero-order valence-corrected chi connectivity index (χ0v) is 15.1. The number of nitrogens with zero attached hydrogens (tertiary/aromatic N) is 5. The summed E-state index contributed by atoms with van der Waals surface area (Å²) >= 11 is 1.72. The molecule has 1 aromatic carbocycles. The number of thiophene rings is 1. The molecule has 26 heavy (non-hydrogen) atoms. The maximum Gasteiger partial charge on any atom is 0.257 e. The highest BCUT2D eigenvalue weighted by atomic mass is 32.1. The molecular weight excluding hydrogens is 342 g/mol. The third kappa shape index (κ3) is 2.60. The molecule has 0 saturated heterocycles. The molecule has 0 amide bonds. The van der Waals surface area contributed by atoms with Gasteiger partial charge in [-0.25, -0.2) is 0 Å². The van der Waals surface area contributed by atoms with Gasteiger partial charge in [0, 0.05) is 23.0 Å². The predicted octanol–water partition coefficient (Wildman–Crippen LogP) is 4.70. The van der Waals surface area contributed by atoms with Crippen LogP contribution in [-0.4, -0.2) is 26.6 Å². The van der Waals surface area contributed by atoms with Crippen molar-refractivity contribution < 1.29 is 0 Å². The number of anilines is 1. The van der Waals surface area contributed by atoms with Gasteiger partial charge in [-0.1, -0.05) is 31.4 Å². The highest BCUT2D eigenvalue weighted by molar-refractivity contribution is 7.13. The molecule has 0 aliphatic rings. The van der Waals surface area contributed by atoms with Crippen molar-refractivity contribution in [3.8, 4) is 10.4 Å². The van der Waals surface area contributed by atoms with E-state index in [1.807, 2.05) is 22.4 Å². The monoisotopic (exact) mass is 359 g/mol. The molecule has 128 valence electrons. The molecule has 5 nitrogen and oxygen atoms in total. The molecular formula is C20H17N5S. The fourth-order valence-corrected chi connectivity index (χ4v) is 3.69. The van der Waals surface area contributed by atoms with Crippen molar-refractivity contribution >= 4 is 33.8 Å². The van der Waals surface area contributed by atoms with Crippen molar-refractivity contribution in [2.75, 3.05) is 11.9 Å². The van der Waals surface area contributed by atoms with Gasteiger partial charge in [0.2, 0.25) is 0 Å². The second-order valence-electron chi connectivity index (χ2n) is 5.74. The Morgan fingerprint density at radius 2 is 2.15 bits per heavy atom. The lowest BCUT2D eigenvalue weighted by molar-refractivity contribution is 1.06. The molecule has 0 spiro atoms. The number of aromatic nitrogens is 4. The van der Waals surface area contributed by atoms with E-state index in [2.05, 4.69) is 59.1 Å². The fraction of sp³-hybridized carbons (Fsp3) is 0.0500. The van der Waals surface area contributed by atoms with Crippen LogP contribution in [0, 0.1) is 0 Å². The quantitative estimate of drug-likeness (QED) is 0.485.